The highest BCUT2D eigenvalue weighted by Crippen LogP contribution is 2.25. The van der Waals surface area contributed by atoms with Crippen LogP contribution < -0.4 is 10.5 Å². The molecule has 1 aromatic carbocycles. The Morgan fingerprint density at radius 1 is 1.32 bits per heavy atom. The van der Waals surface area contributed by atoms with Crippen LogP contribution in [0.25, 0.3) is 17.1 Å². The number of benzene rings is 1. The maximum atomic E-state index is 12.7. The predicted octanol–water partition coefficient (Wildman–Crippen LogP) is 0.664. The molecule has 0 amide bonds. The molecule has 0 saturated carbocycles. The molecule has 11 heteroatoms. The fourth-order valence-corrected chi connectivity index (χ4v) is 3.89. The van der Waals surface area contributed by atoms with Gasteiger partial charge in [-0.05, 0) is 32.4 Å². The Labute approximate surface area is 162 Å². The zero-order chi connectivity index (χ0) is 20.5. The van der Waals surface area contributed by atoms with Gasteiger partial charge in [-0.25, -0.2) is 28.1 Å². The number of hydrogen-bond donors (Lipinski definition) is 3. The highest BCUT2D eigenvalue weighted by Gasteiger charge is 2.22. The summed E-state index contributed by atoms with van der Waals surface area (Å²) in [7, 11) is -3.83. The summed E-state index contributed by atoms with van der Waals surface area (Å²) in [6.45, 7) is 4.62. The third-order valence-electron chi connectivity index (χ3n) is 3.89. The van der Waals surface area contributed by atoms with E-state index < -0.39 is 15.6 Å². The van der Waals surface area contributed by atoms with E-state index in [-0.39, 0.29) is 17.3 Å². The Morgan fingerprint density at radius 3 is 2.71 bits per heavy atom. The summed E-state index contributed by atoms with van der Waals surface area (Å²) >= 11 is 0. The van der Waals surface area contributed by atoms with Gasteiger partial charge in [0.2, 0.25) is 10.0 Å². The molecule has 0 radical (unpaired) electrons. The zero-order valence-corrected chi connectivity index (χ0v) is 16.5. The number of nitrogen functional groups attached to an aromatic ring is 1. The van der Waals surface area contributed by atoms with E-state index >= 15 is 0 Å². The van der Waals surface area contributed by atoms with Gasteiger partial charge in [-0.2, -0.15) is 9.78 Å². The van der Waals surface area contributed by atoms with Gasteiger partial charge < -0.3 is 10.8 Å². The minimum atomic E-state index is -3.83. The van der Waals surface area contributed by atoms with Crippen molar-refractivity contribution in [2.45, 2.75) is 31.3 Å². The highest BCUT2D eigenvalue weighted by atomic mass is 32.2. The Morgan fingerprint density at radius 2 is 2.07 bits per heavy atom. The van der Waals surface area contributed by atoms with Gasteiger partial charge in [0.05, 0.1) is 22.4 Å². The number of aromatic nitrogens is 5. The number of nitrogens with zero attached hydrogens (tertiary/aromatic N) is 5. The van der Waals surface area contributed by atoms with Crippen molar-refractivity contribution < 1.29 is 13.5 Å². The standard InChI is InChI=1S/C17H21N7O3S/c1-11-4-5-12(6-14(11)28(26,27)22-8-17(2,3)25)13-7-20-15(18)16(23-13)24-10-19-9-21-24/h4-7,9-10,22,25H,8H2,1-3H3,(H2,18,20). The molecule has 0 atom stereocenters. The lowest BCUT2D eigenvalue weighted by Gasteiger charge is -2.18. The zero-order valence-electron chi connectivity index (χ0n) is 15.7. The first kappa shape index (κ1) is 19.9. The van der Waals surface area contributed by atoms with E-state index in [0.29, 0.717) is 22.6 Å². The average Bonchev–Trinajstić information content (AvgIpc) is 3.15. The van der Waals surface area contributed by atoms with Gasteiger partial charge in [0, 0.05) is 12.1 Å². The Kier molecular flexibility index (Phi) is 5.15. The van der Waals surface area contributed by atoms with Gasteiger partial charge in [0.25, 0.3) is 0 Å². The number of rotatable bonds is 6. The summed E-state index contributed by atoms with van der Waals surface area (Å²) in [6.07, 6.45) is 4.25. The summed E-state index contributed by atoms with van der Waals surface area (Å²) in [5, 5.41) is 13.8. The van der Waals surface area contributed by atoms with Crippen LogP contribution in [0.4, 0.5) is 5.82 Å². The number of hydrogen-bond acceptors (Lipinski definition) is 8. The summed E-state index contributed by atoms with van der Waals surface area (Å²) in [4.78, 5) is 12.5. The normalized spacial score (nSPS) is 12.3. The molecule has 3 aromatic rings. The maximum absolute atomic E-state index is 12.7. The lowest BCUT2D eigenvalue weighted by atomic mass is 10.1. The van der Waals surface area contributed by atoms with E-state index in [2.05, 4.69) is 24.8 Å². The number of nitrogens with one attached hydrogen (secondary N) is 1. The van der Waals surface area contributed by atoms with Crippen LogP contribution in [0.1, 0.15) is 19.4 Å². The van der Waals surface area contributed by atoms with Crippen LogP contribution in [0, 0.1) is 6.92 Å². The van der Waals surface area contributed by atoms with Crippen molar-refractivity contribution in [1.82, 2.24) is 29.5 Å². The molecular weight excluding hydrogens is 382 g/mol. The van der Waals surface area contributed by atoms with E-state index in [1.165, 1.54) is 43.4 Å². The van der Waals surface area contributed by atoms with Gasteiger partial charge in [-0.3, -0.25) is 0 Å². The molecule has 4 N–H and O–H groups in total. The molecule has 0 aliphatic carbocycles. The predicted molar refractivity (Wildman–Crippen MR) is 103 cm³/mol. The van der Waals surface area contributed by atoms with Gasteiger partial charge in [-0.1, -0.05) is 12.1 Å². The van der Waals surface area contributed by atoms with Crippen molar-refractivity contribution in [3.63, 3.8) is 0 Å². The fourth-order valence-electron chi connectivity index (χ4n) is 2.41. The quantitative estimate of drug-likeness (QED) is 0.543. The number of sulfonamides is 1. The number of nitrogens with two attached hydrogens (primary N) is 1. The van der Waals surface area contributed by atoms with Crippen LogP contribution in [-0.4, -0.2) is 50.4 Å². The Bertz CT molecular complexity index is 1090. The van der Waals surface area contributed by atoms with Gasteiger partial charge in [0.1, 0.15) is 12.7 Å². The summed E-state index contributed by atoms with van der Waals surface area (Å²) in [6, 6.07) is 4.93. The second kappa shape index (κ2) is 7.26. The number of aryl methyl sites for hydroxylation is 1. The lowest BCUT2D eigenvalue weighted by Crippen LogP contribution is -2.38. The van der Waals surface area contributed by atoms with E-state index in [9.17, 15) is 13.5 Å². The van der Waals surface area contributed by atoms with Crippen molar-refractivity contribution >= 4 is 15.8 Å². The second-order valence-electron chi connectivity index (χ2n) is 6.92. The molecule has 0 bridgehead atoms. The Hall–Kier alpha value is -2.89. The summed E-state index contributed by atoms with van der Waals surface area (Å²) in [5.74, 6) is 0.459. The lowest BCUT2D eigenvalue weighted by molar-refractivity contribution is 0.0857. The van der Waals surface area contributed by atoms with Crippen molar-refractivity contribution in [2.24, 2.45) is 0 Å². The fraction of sp³-hybridized carbons (Fsp3) is 0.294. The molecule has 148 valence electrons. The van der Waals surface area contributed by atoms with Gasteiger partial charge in [-0.15, -0.1) is 0 Å². The molecule has 0 fully saturated rings. The van der Waals surface area contributed by atoms with Crippen LogP contribution in [0.15, 0.2) is 41.9 Å². The average molecular weight is 403 g/mol. The molecule has 0 unspecified atom stereocenters. The first-order valence-electron chi connectivity index (χ1n) is 8.37. The van der Waals surface area contributed by atoms with Gasteiger partial charge >= 0.3 is 0 Å². The first-order valence-corrected chi connectivity index (χ1v) is 9.86. The smallest absolute Gasteiger partial charge is 0.240 e. The van der Waals surface area contributed by atoms with E-state index in [1.54, 1.807) is 19.1 Å². The van der Waals surface area contributed by atoms with Crippen LogP contribution in [0.3, 0.4) is 0 Å². The maximum Gasteiger partial charge on any atom is 0.240 e. The van der Waals surface area contributed by atoms with Crippen molar-refractivity contribution in [3.8, 4) is 17.1 Å². The van der Waals surface area contributed by atoms with E-state index in [0.717, 1.165) is 0 Å². The van der Waals surface area contributed by atoms with Crippen LogP contribution in [0.5, 0.6) is 0 Å². The molecular formula is C17H21N7O3S. The topological polar surface area (TPSA) is 149 Å². The van der Waals surface area contributed by atoms with Crippen molar-refractivity contribution in [2.75, 3.05) is 12.3 Å². The Balaban J connectivity index is 2.01. The van der Waals surface area contributed by atoms with Crippen molar-refractivity contribution in [1.29, 1.82) is 0 Å². The van der Waals surface area contributed by atoms with Crippen LogP contribution >= 0.6 is 0 Å². The molecule has 2 heterocycles. The molecule has 0 spiro atoms. The molecule has 2 aromatic heterocycles. The first-order chi connectivity index (χ1) is 13.1. The summed E-state index contributed by atoms with van der Waals surface area (Å²) in [5.41, 5.74) is 6.23. The SMILES string of the molecule is Cc1ccc(-c2cnc(N)c(-n3cncn3)n2)cc1S(=O)(=O)NCC(C)(C)O. The third-order valence-corrected chi connectivity index (χ3v) is 5.43. The highest BCUT2D eigenvalue weighted by molar-refractivity contribution is 7.89. The molecule has 28 heavy (non-hydrogen) atoms. The second-order valence-corrected chi connectivity index (χ2v) is 8.66. The largest absolute Gasteiger partial charge is 0.389 e. The summed E-state index contributed by atoms with van der Waals surface area (Å²) < 4.78 is 29.2. The minimum absolute atomic E-state index is 0.0928. The number of anilines is 1. The van der Waals surface area contributed by atoms with Crippen molar-refractivity contribution in [3.05, 3.63) is 42.6 Å². The van der Waals surface area contributed by atoms with E-state index in [4.69, 9.17) is 5.73 Å². The number of aliphatic hydroxyl groups is 1. The molecule has 3 rings (SSSR count). The molecule has 10 nitrogen and oxygen atoms in total. The third kappa shape index (κ3) is 4.32. The van der Waals surface area contributed by atoms with Crippen LogP contribution in [0.2, 0.25) is 0 Å². The minimum Gasteiger partial charge on any atom is -0.389 e. The monoisotopic (exact) mass is 403 g/mol. The molecule has 0 aliphatic heterocycles. The van der Waals surface area contributed by atoms with Gasteiger partial charge in [0.15, 0.2) is 11.6 Å². The molecule has 0 saturated heterocycles. The molecule has 0 aliphatic rings. The van der Waals surface area contributed by atoms with Crippen LogP contribution in [-0.2, 0) is 10.0 Å². The van der Waals surface area contributed by atoms with E-state index in [1.807, 2.05) is 0 Å².